The maximum absolute atomic E-state index is 12.7. The van der Waals surface area contributed by atoms with E-state index >= 15 is 0 Å². The van der Waals surface area contributed by atoms with Gasteiger partial charge in [0, 0.05) is 36.2 Å². The van der Waals surface area contributed by atoms with Crippen LogP contribution in [0.1, 0.15) is 16.1 Å². The molecule has 0 aliphatic carbocycles. The highest BCUT2D eigenvalue weighted by molar-refractivity contribution is 9.10. The predicted octanol–water partition coefficient (Wildman–Crippen LogP) is 3.66. The van der Waals surface area contributed by atoms with Gasteiger partial charge in [-0.05, 0) is 43.3 Å². The SMILES string of the molecule is Cc1nc2ccccc2nc1N1CCN(C(=O)c2ccc(Br)cc2)CC1. The third-order valence-electron chi connectivity index (χ3n) is 4.68. The van der Waals surface area contributed by atoms with Crippen LogP contribution in [0.5, 0.6) is 0 Å². The fourth-order valence-electron chi connectivity index (χ4n) is 3.27. The van der Waals surface area contributed by atoms with Crippen LogP contribution in [0.15, 0.2) is 53.0 Å². The first-order chi connectivity index (χ1) is 12.6. The average molecular weight is 411 g/mol. The Kier molecular flexibility index (Phi) is 4.59. The summed E-state index contributed by atoms with van der Waals surface area (Å²) >= 11 is 3.40. The van der Waals surface area contributed by atoms with E-state index in [2.05, 4.69) is 25.8 Å². The maximum atomic E-state index is 12.7. The minimum atomic E-state index is 0.0819. The van der Waals surface area contributed by atoms with Crippen molar-refractivity contribution in [2.45, 2.75) is 6.92 Å². The van der Waals surface area contributed by atoms with Gasteiger partial charge in [-0.1, -0.05) is 28.1 Å². The molecular weight excluding hydrogens is 392 g/mol. The molecule has 1 aromatic heterocycles. The molecule has 1 saturated heterocycles. The molecule has 1 aliphatic rings. The van der Waals surface area contributed by atoms with E-state index in [9.17, 15) is 4.79 Å². The van der Waals surface area contributed by atoms with Crippen LogP contribution in [-0.4, -0.2) is 47.0 Å². The molecule has 5 nitrogen and oxygen atoms in total. The molecule has 0 N–H and O–H groups in total. The highest BCUT2D eigenvalue weighted by Crippen LogP contribution is 2.22. The average Bonchev–Trinajstić information content (AvgIpc) is 2.68. The van der Waals surface area contributed by atoms with Crippen molar-refractivity contribution in [3.8, 4) is 0 Å². The van der Waals surface area contributed by atoms with Gasteiger partial charge in [-0.2, -0.15) is 0 Å². The zero-order valence-corrected chi connectivity index (χ0v) is 16.1. The number of hydrogen-bond donors (Lipinski definition) is 0. The second kappa shape index (κ2) is 7.03. The molecule has 3 aromatic rings. The molecule has 4 rings (SSSR count). The lowest BCUT2D eigenvalue weighted by Gasteiger charge is -2.36. The summed E-state index contributed by atoms with van der Waals surface area (Å²) in [4.78, 5) is 26.3. The summed E-state index contributed by atoms with van der Waals surface area (Å²) in [5, 5.41) is 0. The van der Waals surface area contributed by atoms with Gasteiger partial charge in [0.15, 0.2) is 5.82 Å². The molecule has 0 radical (unpaired) electrons. The van der Waals surface area contributed by atoms with Gasteiger partial charge >= 0.3 is 0 Å². The molecule has 2 heterocycles. The number of halogens is 1. The molecule has 0 saturated carbocycles. The van der Waals surface area contributed by atoms with E-state index in [-0.39, 0.29) is 5.91 Å². The molecule has 0 atom stereocenters. The molecule has 2 aromatic carbocycles. The fourth-order valence-corrected chi connectivity index (χ4v) is 3.54. The molecule has 132 valence electrons. The number of benzene rings is 2. The Morgan fingerprint density at radius 3 is 2.19 bits per heavy atom. The lowest BCUT2D eigenvalue weighted by atomic mass is 10.2. The zero-order valence-electron chi connectivity index (χ0n) is 14.5. The molecule has 1 aliphatic heterocycles. The quantitative estimate of drug-likeness (QED) is 0.646. The molecule has 0 unspecified atom stereocenters. The van der Waals surface area contributed by atoms with Crippen LogP contribution in [0.3, 0.4) is 0 Å². The van der Waals surface area contributed by atoms with E-state index in [0.717, 1.165) is 45.7 Å². The highest BCUT2D eigenvalue weighted by atomic mass is 79.9. The van der Waals surface area contributed by atoms with Gasteiger partial charge in [0.2, 0.25) is 0 Å². The van der Waals surface area contributed by atoms with E-state index in [1.807, 2.05) is 60.4 Å². The van der Waals surface area contributed by atoms with E-state index in [4.69, 9.17) is 4.98 Å². The van der Waals surface area contributed by atoms with Gasteiger partial charge in [-0.15, -0.1) is 0 Å². The molecule has 0 bridgehead atoms. The lowest BCUT2D eigenvalue weighted by Crippen LogP contribution is -2.49. The maximum Gasteiger partial charge on any atom is 0.253 e. The van der Waals surface area contributed by atoms with Gasteiger partial charge in [-0.3, -0.25) is 4.79 Å². The number of carbonyl (C=O) groups excluding carboxylic acids is 1. The smallest absolute Gasteiger partial charge is 0.253 e. The van der Waals surface area contributed by atoms with Crippen molar-refractivity contribution in [1.82, 2.24) is 14.9 Å². The summed E-state index contributed by atoms with van der Waals surface area (Å²) in [6.45, 7) is 4.88. The Morgan fingerprint density at radius 1 is 0.923 bits per heavy atom. The Labute approximate surface area is 160 Å². The molecule has 6 heteroatoms. The number of piperazine rings is 1. The normalized spacial score (nSPS) is 14.7. The molecular formula is C20H19BrN4O. The first-order valence-corrected chi connectivity index (χ1v) is 9.44. The van der Waals surface area contributed by atoms with Crippen molar-refractivity contribution in [3.63, 3.8) is 0 Å². The second-order valence-electron chi connectivity index (χ2n) is 6.41. The van der Waals surface area contributed by atoms with Crippen molar-refractivity contribution in [1.29, 1.82) is 0 Å². The number of rotatable bonds is 2. The van der Waals surface area contributed by atoms with E-state index in [0.29, 0.717) is 13.1 Å². The molecule has 26 heavy (non-hydrogen) atoms. The Bertz CT molecular complexity index is 950. The number of aromatic nitrogens is 2. The third kappa shape index (κ3) is 3.29. The fraction of sp³-hybridized carbons (Fsp3) is 0.250. The van der Waals surface area contributed by atoms with E-state index < -0.39 is 0 Å². The van der Waals surface area contributed by atoms with Crippen LogP contribution >= 0.6 is 15.9 Å². The summed E-state index contributed by atoms with van der Waals surface area (Å²) in [5.41, 5.74) is 3.47. The molecule has 1 amide bonds. The van der Waals surface area contributed by atoms with Crippen molar-refractivity contribution in [3.05, 3.63) is 64.3 Å². The lowest BCUT2D eigenvalue weighted by molar-refractivity contribution is 0.0746. The largest absolute Gasteiger partial charge is 0.352 e. The van der Waals surface area contributed by atoms with Crippen LogP contribution in [0.25, 0.3) is 11.0 Å². The monoisotopic (exact) mass is 410 g/mol. The minimum Gasteiger partial charge on any atom is -0.352 e. The predicted molar refractivity (Wildman–Crippen MR) is 107 cm³/mol. The number of fused-ring (bicyclic) bond motifs is 1. The number of nitrogens with zero attached hydrogens (tertiary/aromatic N) is 4. The van der Waals surface area contributed by atoms with Gasteiger partial charge in [-0.25, -0.2) is 9.97 Å². The van der Waals surface area contributed by atoms with Crippen molar-refractivity contribution in [2.24, 2.45) is 0 Å². The number of anilines is 1. The number of para-hydroxylation sites is 2. The first kappa shape index (κ1) is 17.0. The molecule has 1 fully saturated rings. The topological polar surface area (TPSA) is 49.3 Å². The number of aryl methyl sites for hydroxylation is 1. The van der Waals surface area contributed by atoms with Gasteiger partial charge in [0.05, 0.1) is 16.7 Å². The van der Waals surface area contributed by atoms with Crippen LogP contribution in [0, 0.1) is 6.92 Å². The summed E-state index contributed by atoms with van der Waals surface area (Å²) < 4.78 is 0.976. The van der Waals surface area contributed by atoms with E-state index in [1.165, 1.54) is 0 Å². The van der Waals surface area contributed by atoms with Gasteiger partial charge in [0.25, 0.3) is 5.91 Å². The van der Waals surface area contributed by atoms with E-state index in [1.54, 1.807) is 0 Å². The van der Waals surface area contributed by atoms with Gasteiger partial charge in [0.1, 0.15) is 0 Å². The van der Waals surface area contributed by atoms with Crippen molar-refractivity contribution in [2.75, 3.05) is 31.1 Å². The summed E-state index contributed by atoms with van der Waals surface area (Å²) in [6.07, 6.45) is 0. The van der Waals surface area contributed by atoms with Crippen LogP contribution in [0.2, 0.25) is 0 Å². The van der Waals surface area contributed by atoms with Crippen molar-refractivity contribution >= 4 is 38.7 Å². The van der Waals surface area contributed by atoms with Crippen LogP contribution in [0.4, 0.5) is 5.82 Å². The minimum absolute atomic E-state index is 0.0819. The standard InChI is InChI=1S/C20H19BrN4O/c1-14-19(23-18-5-3-2-4-17(18)22-14)24-10-12-25(13-11-24)20(26)15-6-8-16(21)9-7-15/h2-9H,10-13H2,1H3. The van der Waals surface area contributed by atoms with Crippen LogP contribution < -0.4 is 4.90 Å². The Hall–Kier alpha value is -2.47. The van der Waals surface area contributed by atoms with Crippen molar-refractivity contribution < 1.29 is 4.79 Å². The number of hydrogen-bond acceptors (Lipinski definition) is 4. The first-order valence-electron chi connectivity index (χ1n) is 8.65. The highest BCUT2D eigenvalue weighted by Gasteiger charge is 2.24. The van der Waals surface area contributed by atoms with Gasteiger partial charge < -0.3 is 9.80 Å². The zero-order chi connectivity index (χ0) is 18.1. The second-order valence-corrected chi connectivity index (χ2v) is 7.32. The number of amides is 1. The summed E-state index contributed by atoms with van der Waals surface area (Å²) in [6, 6.07) is 15.4. The molecule has 0 spiro atoms. The summed E-state index contributed by atoms with van der Waals surface area (Å²) in [7, 11) is 0. The Morgan fingerprint density at radius 2 is 1.54 bits per heavy atom. The third-order valence-corrected chi connectivity index (χ3v) is 5.21. The summed E-state index contributed by atoms with van der Waals surface area (Å²) in [5.74, 6) is 0.998. The Balaban J connectivity index is 1.49. The number of carbonyl (C=O) groups is 1. The van der Waals surface area contributed by atoms with Crippen LogP contribution in [-0.2, 0) is 0 Å².